The van der Waals surface area contributed by atoms with Crippen LogP contribution in [0.4, 0.5) is 5.69 Å². The molecular weight excluding hydrogens is 368 g/mol. The van der Waals surface area contributed by atoms with Crippen LogP contribution in [0.2, 0.25) is 0 Å². The lowest BCUT2D eigenvalue weighted by atomic mass is 10.3. The number of para-hydroxylation sites is 1. The topological polar surface area (TPSA) is 32.7 Å². The summed E-state index contributed by atoms with van der Waals surface area (Å²) in [6.07, 6.45) is 3.75. The van der Waals surface area contributed by atoms with Gasteiger partial charge in [-0.05, 0) is 46.5 Å². The first-order valence-corrected chi connectivity index (χ1v) is 9.06. The maximum atomic E-state index is 12.6. The lowest BCUT2D eigenvalue weighted by Gasteiger charge is -2.16. The Labute approximate surface area is 139 Å². The molecule has 21 heavy (non-hydrogen) atoms. The molecular formula is C15H11BrN2OS2. The van der Waals surface area contributed by atoms with Gasteiger partial charge in [0.05, 0.1) is 5.69 Å². The summed E-state index contributed by atoms with van der Waals surface area (Å²) < 4.78 is 1.01. The van der Waals surface area contributed by atoms with Crippen molar-refractivity contribution in [1.82, 2.24) is 0 Å². The Morgan fingerprint density at radius 3 is 2.71 bits per heavy atom. The van der Waals surface area contributed by atoms with E-state index >= 15 is 0 Å². The van der Waals surface area contributed by atoms with Crippen molar-refractivity contribution < 1.29 is 4.79 Å². The molecule has 0 N–H and O–H groups in total. The van der Waals surface area contributed by atoms with Gasteiger partial charge in [0.2, 0.25) is 0 Å². The molecule has 0 spiro atoms. The van der Waals surface area contributed by atoms with Gasteiger partial charge >= 0.3 is 0 Å². The summed E-state index contributed by atoms with van der Waals surface area (Å²) in [5, 5.41) is 2.69. The van der Waals surface area contributed by atoms with Crippen LogP contribution in [0.5, 0.6) is 0 Å². The lowest BCUT2D eigenvalue weighted by Crippen LogP contribution is -2.29. The third-order valence-corrected chi connectivity index (χ3v) is 5.17. The number of thiophene rings is 1. The number of thioether (sulfide) groups is 1. The lowest BCUT2D eigenvalue weighted by molar-refractivity contribution is -0.113. The number of benzene rings is 1. The van der Waals surface area contributed by atoms with Gasteiger partial charge < -0.3 is 0 Å². The second-order valence-corrected chi connectivity index (χ2v) is 6.90. The summed E-state index contributed by atoms with van der Waals surface area (Å²) in [6, 6.07) is 11.6. The van der Waals surface area contributed by atoms with Gasteiger partial charge in [0.15, 0.2) is 5.17 Å². The van der Waals surface area contributed by atoms with Crippen molar-refractivity contribution in [2.45, 2.75) is 0 Å². The van der Waals surface area contributed by atoms with Crippen molar-refractivity contribution in [2.75, 3.05) is 11.2 Å². The molecule has 0 saturated heterocycles. The van der Waals surface area contributed by atoms with Gasteiger partial charge in [-0.2, -0.15) is 0 Å². The molecule has 2 aromatic rings. The molecule has 2 heterocycles. The van der Waals surface area contributed by atoms with Gasteiger partial charge in [-0.3, -0.25) is 9.69 Å². The Hall–Kier alpha value is -1.37. The highest BCUT2D eigenvalue weighted by Crippen LogP contribution is 2.29. The minimum atomic E-state index is -0.0879. The number of rotatable bonds is 2. The fourth-order valence-corrected chi connectivity index (χ4v) is 3.91. The number of hydrogen-bond donors (Lipinski definition) is 0. The van der Waals surface area contributed by atoms with Crippen LogP contribution < -0.4 is 4.90 Å². The smallest absolute Gasteiger partial charge is 0.266 e. The number of amides is 1. The summed E-state index contributed by atoms with van der Waals surface area (Å²) in [5.74, 6) is -0.0879. The Kier molecular flexibility index (Phi) is 4.28. The molecule has 0 aliphatic carbocycles. The number of halogens is 1. The van der Waals surface area contributed by atoms with Gasteiger partial charge in [0.1, 0.15) is 5.70 Å². The molecule has 3 nitrogen and oxygen atoms in total. The normalized spacial score (nSPS) is 16.7. The van der Waals surface area contributed by atoms with Crippen LogP contribution in [0.3, 0.4) is 0 Å². The summed E-state index contributed by atoms with van der Waals surface area (Å²) in [6.45, 7) is 0. The largest absolute Gasteiger partial charge is 0.283 e. The zero-order valence-corrected chi connectivity index (χ0v) is 14.3. The Morgan fingerprint density at radius 2 is 2.10 bits per heavy atom. The predicted molar refractivity (Wildman–Crippen MR) is 94.9 cm³/mol. The van der Waals surface area contributed by atoms with E-state index < -0.39 is 0 Å². The zero-order chi connectivity index (χ0) is 14.8. The number of hydrogen-bond acceptors (Lipinski definition) is 4. The van der Waals surface area contributed by atoms with Crippen molar-refractivity contribution in [1.29, 1.82) is 0 Å². The van der Waals surface area contributed by atoms with Crippen LogP contribution in [0.15, 0.2) is 56.9 Å². The Morgan fingerprint density at radius 1 is 1.33 bits per heavy atom. The van der Waals surface area contributed by atoms with E-state index in [0.29, 0.717) is 10.9 Å². The van der Waals surface area contributed by atoms with E-state index in [9.17, 15) is 4.79 Å². The van der Waals surface area contributed by atoms with E-state index in [-0.39, 0.29) is 5.91 Å². The van der Waals surface area contributed by atoms with Crippen molar-refractivity contribution >= 4 is 61.9 Å². The van der Waals surface area contributed by atoms with E-state index in [1.54, 1.807) is 16.2 Å². The Bertz CT molecular complexity index is 737. The van der Waals surface area contributed by atoms with Gasteiger partial charge in [-0.1, -0.05) is 30.0 Å². The van der Waals surface area contributed by atoms with Crippen LogP contribution in [0, 0.1) is 0 Å². The average molecular weight is 379 g/mol. The summed E-state index contributed by atoms with van der Waals surface area (Å²) >= 11 is 6.46. The van der Waals surface area contributed by atoms with Gasteiger partial charge in [-0.15, -0.1) is 11.3 Å². The van der Waals surface area contributed by atoms with Crippen molar-refractivity contribution in [3.8, 4) is 0 Å². The zero-order valence-electron chi connectivity index (χ0n) is 11.1. The number of aliphatic imine (C=N–C) groups is 1. The SMILES string of the molecule is CSC1=NC(=Cc2cc(Br)cs2)C(=O)N1c1ccccc1. The molecule has 0 fully saturated rings. The van der Waals surface area contributed by atoms with Gasteiger partial charge in [0.25, 0.3) is 5.91 Å². The molecule has 1 aliphatic heterocycles. The molecule has 0 unspecified atom stereocenters. The molecule has 1 amide bonds. The molecule has 0 atom stereocenters. The van der Waals surface area contributed by atoms with E-state index in [2.05, 4.69) is 20.9 Å². The highest BCUT2D eigenvalue weighted by molar-refractivity contribution is 9.10. The molecule has 3 rings (SSSR count). The minimum Gasteiger partial charge on any atom is -0.266 e. The number of nitrogens with zero attached hydrogens (tertiary/aromatic N) is 2. The second-order valence-electron chi connectivity index (χ2n) is 4.27. The highest BCUT2D eigenvalue weighted by Gasteiger charge is 2.31. The summed E-state index contributed by atoms with van der Waals surface area (Å²) in [7, 11) is 0. The second kappa shape index (κ2) is 6.17. The maximum absolute atomic E-state index is 12.6. The Balaban J connectivity index is 1.98. The first-order valence-electron chi connectivity index (χ1n) is 6.17. The fourth-order valence-electron chi connectivity index (χ4n) is 1.98. The first kappa shape index (κ1) is 14.6. The van der Waals surface area contributed by atoms with Crippen LogP contribution >= 0.6 is 39.0 Å². The van der Waals surface area contributed by atoms with Crippen LogP contribution in [-0.2, 0) is 4.79 Å². The summed E-state index contributed by atoms with van der Waals surface area (Å²) in [5.41, 5.74) is 1.31. The quantitative estimate of drug-likeness (QED) is 0.714. The van der Waals surface area contributed by atoms with E-state index in [1.165, 1.54) is 11.8 Å². The monoisotopic (exact) mass is 378 g/mol. The van der Waals surface area contributed by atoms with Gasteiger partial charge in [0, 0.05) is 14.7 Å². The molecule has 1 aromatic carbocycles. The van der Waals surface area contributed by atoms with Crippen LogP contribution in [0.1, 0.15) is 4.88 Å². The van der Waals surface area contributed by atoms with E-state index in [4.69, 9.17) is 0 Å². The molecule has 0 bridgehead atoms. The summed E-state index contributed by atoms with van der Waals surface area (Å²) in [4.78, 5) is 19.7. The number of anilines is 1. The van der Waals surface area contributed by atoms with Crippen molar-refractivity contribution in [3.63, 3.8) is 0 Å². The van der Waals surface area contributed by atoms with Crippen molar-refractivity contribution in [3.05, 3.63) is 56.8 Å². The van der Waals surface area contributed by atoms with Crippen molar-refractivity contribution in [2.24, 2.45) is 4.99 Å². The number of carbonyl (C=O) groups is 1. The van der Waals surface area contributed by atoms with Gasteiger partial charge in [-0.25, -0.2) is 4.99 Å². The third kappa shape index (κ3) is 2.97. The molecule has 106 valence electrons. The van der Waals surface area contributed by atoms with Crippen LogP contribution in [-0.4, -0.2) is 17.3 Å². The number of amidine groups is 1. The molecule has 1 aliphatic rings. The van der Waals surface area contributed by atoms with E-state index in [1.807, 2.05) is 54.1 Å². The molecule has 6 heteroatoms. The highest BCUT2D eigenvalue weighted by atomic mass is 79.9. The maximum Gasteiger partial charge on any atom is 0.283 e. The molecule has 0 saturated carbocycles. The third-order valence-electron chi connectivity index (χ3n) is 2.89. The predicted octanol–water partition coefficient (Wildman–Crippen LogP) is 4.62. The standard InChI is InChI=1S/C15H11BrN2OS2/c1-20-15-17-13(8-12-7-10(16)9-21-12)14(19)18(15)11-5-3-2-4-6-11/h2-9H,1H3. The van der Waals surface area contributed by atoms with Crippen LogP contribution in [0.25, 0.3) is 6.08 Å². The molecule has 1 aromatic heterocycles. The first-order chi connectivity index (χ1) is 10.2. The average Bonchev–Trinajstić information content (AvgIpc) is 3.04. The van der Waals surface area contributed by atoms with E-state index in [0.717, 1.165) is 15.0 Å². The minimum absolute atomic E-state index is 0.0879. The number of carbonyl (C=O) groups excluding carboxylic acids is 1. The molecule has 0 radical (unpaired) electrons. The fraction of sp³-hybridized carbons (Fsp3) is 0.0667.